The Morgan fingerprint density at radius 3 is 2.71 bits per heavy atom. The van der Waals surface area contributed by atoms with Crippen LogP contribution in [0.15, 0.2) is 52.9 Å². The van der Waals surface area contributed by atoms with Gasteiger partial charge in [0.1, 0.15) is 11.3 Å². The lowest BCUT2D eigenvalue weighted by Crippen LogP contribution is -2.39. The Bertz CT molecular complexity index is 1280. The lowest BCUT2D eigenvalue weighted by atomic mass is 9.96. The van der Waals surface area contributed by atoms with Crippen molar-refractivity contribution in [3.05, 3.63) is 71.5 Å². The molecular formula is C25H22FN3O2. The zero-order valence-electron chi connectivity index (χ0n) is 17.1. The van der Waals surface area contributed by atoms with Gasteiger partial charge < -0.3 is 9.32 Å². The van der Waals surface area contributed by atoms with Gasteiger partial charge in [-0.05, 0) is 62.1 Å². The summed E-state index contributed by atoms with van der Waals surface area (Å²) in [7, 11) is 0. The molecule has 0 N–H and O–H groups in total. The maximum Gasteiger partial charge on any atom is 0.254 e. The van der Waals surface area contributed by atoms with E-state index in [1.807, 2.05) is 35.2 Å². The Morgan fingerprint density at radius 2 is 1.87 bits per heavy atom. The Hall–Kier alpha value is -3.28. The molecule has 1 aliphatic heterocycles. The molecule has 6 heteroatoms. The second-order valence-electron chi connectivity index (χ2n) is 8.64. The molecule has 1 aliphatic carbocycles. The molecule has 0 radical (unpaired) electrons. The van der Waals surface area contributed by atoms with Gasteiger partial charge >= 0.3 is 0 Å². The normalized spacial score (nSPS) is 19.3. The fraction of sp³-hybridized carbons (Fsp3) is 0.320. The first-order valence-corrected chi connectivity index (χ1v) is 10.9. The van der Waals surface area contributed by atoms with Crippen LogP contribution in [0.25, 0.3) is 22.0 Å². The first kappa shape index (κ1) is 18.5. The van der Waals surface area contributed by atoms with E-state index in [0.29, 0.717) is 41.4 Å². The summed E-state index contributed by atoms with van der Waals surface area (Å²) in [5.74, 6) is 0.724. The van der Waals surface area contributed by atoms with E-state index in [2.05, 4.69) is 4.98 Å². The van der Waals surface area contributed by atoms with Crippen LogP contribution in [-0.4, -0.2) is 33.9 Å². The van der Waals surface area contributed by atoms with Crippen LogP contribution >= 0.6 is 0 Å². The zero-order valence-corrected chi connectivity index (χ0v) is 17.1. The molecule has 2 aliphatic rings. The average molecular weight is 415 g/mol. The van der Waals surface area contributed by atoms with Crippen LogP contribution < -0.4 is 0 Å². The summed E-state index contributed by atoms with van der Waals surface area (Å²) in [5, 5.41) is 0.582. The molecule has 1 saturated heterocycles. The molecule has 1 amide bonds. The molecule has 31 heavy (non-hydrogen) atoms. The highest BCUT2D eigenvalue weighted by atomic mass is 19.1. The van der Waals surface area contributed by atoms with E-state index in [9.17, 15) is 9.18 Å². The summed E-state index contributed by atoms with van der Waals surface area (Å²) in [6.07, 6.45) is 3.99. The van der Waals surface area contributed by atoms with Gasteiger partial charge in [0, 0.05) is 30.1 Å². The van der Waals surface area contributed by atoms with Crippen LogP contribution in [0.5, 0.6) is 0 Å². The van der Waals surface area contributed by atoms with Crippen LogP contribution in [0.4, 0.5) is 4.39 Å². The number of pyridine rings is 1. The third-order valence-corrected chi connectivity index (χ3v) is 6.38. The maximum absolute atomic E-state index is 14.0. The number of amides is 1. The molecular weight excluding hydrogens is 393 g/mol. The highest BCUT2D eigenvalue weighted by Gasteiger charge is 2.31. The van der Waals surface area contributed by atoms with Gasteiger partial charge in [-0.3, -0.25) is 9.78 Å². The van der Waals surface area contributed by atoms with Crippen LogP contribution in [0, 0.1) is 5.82 Å². The van der Waals surface area contributed by atoms with Crippen molar-refractivity contribution in [2.75, 3.05) is 13.1 Å². The number of aromatic nitrogens is 2. The highest BCUT2D eigenvalue weighted by Crippen LogP contribution is 2.40. The lowest BCUT2D eigenvalue weighted by molar-refractivity contribution is 0.0700. The highest BCUT2D eigenvalue weighted by molar-refractivity contribution is 6.06. The van der Waals surface area contributed by atoms with Gasteiger partial charge in [-0.15, -0.1) is 0 Å². The number of carbonyl (C=O) groups is 1. The number of likely N-dealkylation sites (tertiary alicyclic amines) is 1. The molecule has 1 atom stereocenters. The van der Waals surface area contributed by atoms with Gasteiger partial charge in [0.25, 0.3) is 5.91 Å². The maximum atomic E-state index is 14.0. The minimum Gasteiger partial charge on any atom is -0.440 e. The number of benzene rings is 2. The third kappa shape index (κ3) is 3.36. The SMILES string of the molecule is O=C(c1cc(C2CC2)nc2ccc(F)cc12)N1CCC[C@H](c2nc3ccccc3o2)C1. The average Bonchev–Trinajstić information content (AvgIpc) is 3.56. The summed E-state index contributed by atoms with van der Waals surface area (Å²) in [4.78, 5) is 24.8. The van der Waals surface area contributed by atoms with Crippen molar-refractivity contribution in [1.29, 1.82) is 0 Å². The fourth-order valence-corrected chi connectivity index (χ4v) is 4.58. The molecule has 3 heterocycles. The van der Waals surface area contributed by atoms with Crippen LogP contribution in [0.2, 0.25) is 0 Å². The smallest absolute Gasteiger partial charge is 0.254 e. The predicted octanol–water partition coefficient (Wildman–Crippen LogP) is 5.41. The zero-order chi connectivity index (χ0) is 20.9. The van der Waals surface area contributed by atoms with Crippen molar-refractivity contribution in [3.63, 3.8) is 0 Å². The number of halogens is 1. The van der Waals surface area contributed by atoms with E-state index < -0.39 is 0 Å². The van der Waals surface area contributed by atoms with Gasteiger partial charge in [0.2, 0.25) is 0 Å². The molecule has 4 aromatic rings. The van der Waals surface area contributed by atoms with E-state index in [-0.39, 0.29) is 17.6 Å². The van der Waals surface area contributed by atoms with Gasteiger partial charge in [-0.1, -0.05) is 12.1 Å². The predicted molar refractivity (Wildman–Crippen MR) is 116 cm³/mol. The van der Waals surface area contributed by atoms with Crippen molar-refractivity contribution in [2.24, 2.45) is 0 Å². The van der Waals surface area contributed by atoms with Crippen molar-refractivity contribution >= 4 is 27.9 Å². The number of piperidine rings is 1. The molecule has 2 fully saturated rings. The molecule has 6 rings (SSSR count). The second-order valence-corrected chi connectivity index (χ2v) is 8.64. The van der Waals surface area contributed by atoms with Crippen LogP contribution in [0.1, 0.15) is 59.5 Å². The van der Waals surface area contributed by atoms with Gasteiger partial charge in [-0.2, -0.15) is 0 Å². The first-order valence-electron chi connectivity index (χ1n) is 10.9. The molecule has 156 valence electrons. The first-order chi connectivity index (χ1) is 15.2. The summed E-state index contributed by atoms with van der Waals surface area (Å²) in [5.41, 5.74) is 3.78. The number of hydrogen-bond donors (Lipinski definition) is 0. The topological polar surface area (TPSA) is 59.2 Å². The monoisotopic (exact) mass is 415 g/mol. The van der Waals surface area contributed by atoms with E-state index in [4.69, 9.17) is 9.40 Å². The number of hydrogen-bond acceptors (Lipinski definition) is 4. The van der Waals surface area contributed by atoms with E-state index in [1.54, 1.807) is 6.07 Å². The standard InChI is InChI=1S/C25H22FN3O2/c26-17-9-10-20-18(12-17)19(13-22(27-20)15-7-8-15)25(30)29-11-3-4-16(14-29)24-28-21-5-1-2-6-23(21)31-24/h1-2,5-6,9-10,12-13,15-16H,3-4,7-8,11,14H2/t16-/m0/s1. The molecule has 0 spiro atoms. The quantitative estimate of drug-likeness (QED) is 0.449. The largest absolute Gasteiger partial charge is 0.440 e. The van der Waals surface area contributed by atoms with Crippen molar-refractivity contribution in [1.82, 2.24) is 14.9 Å². The van der Waals surface area contributed by atoms with Crippen LogP contribution in [-0.2, 0) is 0 Å². The van der Waals surface area contributed by atoms with Crippen LogP contribution in [0.3, 0.4) is 0 Å². The Morgan fingerprint density at radius 1 is 1.00 bits per heavy atom. The number of oxazole rings is 1. The number of carbonyl (C=O) groups excluding carboxylic acids is 1. The summed E-state index contributed by atoms with van der Waals surface area (Å²) in [6, 6.07) is 14.1. The Labute approximate surface area is 178 Å². The number of fused-ring (bicyclic) bond motifs is 2. The molecule has 0 unspecified atom stereocenters. The minimum absolute atomic E-state index is 0.0536. The molecule has 0 bridgehead atoms. The molecule has 2 aromatic heterocycles. The number of rotatable bonds is 3. The molecule has 1 saturated carbocycles. The molecule has 2 aromatic carbocycles. The summed E-state index contributed by atoms with van der Waals surface area (Å²) in [6.45, 7) is 1.22. The van der Waals surface area contributed by atoms with Gasteiger partial charge in [-0.25, -0.2) is 9.37 Å². The van der Waals surface area contributed by atoms with Crippen molar-refractivity contribution in [2.45, 2.75) is 37.5 Å². The fourth-order valence-electron chi connectivity index (χ4n) is 4.58. The van der Waals surface area contributed by atoms with Gasteiger partial charge in [0.05, 0.1) is 17.0 Å². The number of para-hydroxylation sites is 2. The lowest BCUT2D eigenvalue weighted by Gasteiger charge is -2.31. The summed E-state index contributed by atoms with van der Waals surface area (Å²) < 4.78 is 20.0. The molecule has 5 nitrogen and oxygen atoms in total. The van der Waals surface area contributed by atoms with E-state index >= 15 is 0 Å². The Balaban J connectivity index is 1.34. The summed E-state index contributed by atoms with van der Waals surface area (Å²) >= 11 is 0. The minimum atomic E-state index is -0.356. The number of nitrogens with zero attached hydrogens (tertiary/aromatic N) is 3. The van der Waals surface area contributed by atoms with Crippen molar-refractivity contribution < 1.29 is 13.6 Å². The van der Waals surface area contributed by atoms with E-state index in [1.165, 1.54) is 12.1 Å². The third-order valence-electron chi connectivity index (χ3n) is 6.38. The van der Waals surface area contributed by atoms with E-state index in [0.717, 1.165) is 42.5 Å². The Kier molecular flexibility index (Phi) is 4.26. The second kappa shape index (κ2) is 7.15. The van der Waals surface area contributed by atoms with Gasteiger partial charge in [0.15, 0.2) is 11.5 Å². The van der Waals surface area contributed by atoms with Crippen molar-refractivity contribution in [3.8, 4) is 0 Å².